The molecule has 0 aliphatic rings. The molecule has 0 amide bonds. The summed E-state index contributed by atoms with van der Waals surface area (Å²) in [7, 11) is 8.16. The van der Waals surface area contributed by atoms with Crippen molar-refractivity contribution in [3.05, 3.63) is 46.5 Å². The van der Waals surface area contributed by atoms with Crippen molar-refractivity contribution < 1.29 is 18.9 Å². The third-order valence-electron chi connectivity index (χ3n) is 4.40. The molecule has 2 aromatic carbocycles. The molecule has 7 nitrogen and oxygen atoms in total. The van der Waals surface area contributed by atoms with Crippen LogP contribution in [0.25, 0.3) is 0 Å². The maximum absolute atomic E-state index is 6.30. The summed E-state index contributed by atoms with van der Waals surface area (Å²) >= 11 is 6.30. The molecule has 0 spiro atoms. The van der Waals surface area contributed by atoms with Gasteiger partial charge in [-0.25, -0.2) is 0 Å². The lowest BCUT2D eigenvalue weighted by molar-refractivity contribution is 0.347. The van der Waals surface area contributed by atoms with Gasteiger partial charge in [-0.3, -0.25) is 4.99 Å². The van der Waals surface area contributed by atoms with E-state index in [9.17, 15) is 0 Å². The summed E-state index contributed by atoms with van der Waals surface area (Å²) in [5.74, 6) is 3.38. The monoisotopic (exact) mass is 549 g/mol. The van der Waals surface area contributed by atoms with Crippen molar-refractivity contribution in [3.63, 3.8) is 0 Å². The molecule has 0 heterocycles. The molecule has 0 saturated heterocycles. The second-order valence-corrected chi connectivity index (χ2v) is 6.49. The molecule has 0 atom stereocenters. The normalized spacial score (nSPS) is 10.7. The van der Waals surface area contributed by atoms with Gasteiger partial charge in [-0.1, -0.05) is 17.7 Å². The summed E-state index contributed by atoms with van der Waals surface area (Å²) in [5, 5.41) is 7.25. The fraction of sp³-hybridized carbons (Fsp3) is 0.381. The van der Waals surface area contributed by atoms with Crippen molar-refractivity contribution in [1.82, 2.24) is 10.6 Å². The number of aliphatic imine (C=N–C) groups is 1. The highest BCUT2D eigenvalue weighted by Gasteiger charge is 2.12. The van der Waals surface area contributed by atoms with Gasteiger partial charge in [0.15, 0.2) is 17.5 Å². The molecule has 30 heavy (non-hydrogen) atoms. The number of hydrogen-bond donors (Lipinski definition) is 2. The van der Waals surface area contributed by atoms with Crippen molar-refractivity contribution in [2.75, 3.05) is 42.0 Å². The number of nitrogens with zero attached hydrogens (tertiary/aromatic N) is 1. The number of ether oxygens (including phenoxy) is 4. The minimum Gasteiger partial charge on any atom is -0.497 e. The molecule has 0 fully saturated rings. The van der Waals surface area contributed by atoms with E-state index >= 15 is 0 Å². The van der Waals surface area contributed by atoms with Crippen molar-refractivity contribution in [3.8, 4) is 23.0 Å². The molecule has 0 aromatic heterocycles. The predicted octanol–water partition coefficient (Wildman–Crippen LogP) is 3.90. The maximum Gasteiger partial charge on any atom is 0.191 e. The van der Waals surface area contributed by atoms with Gasteiger partial charge in [-0.05, 0) is 30.2 Å². The van der Waals surface area contributed by atoms with Crippen molar-refractivity contribution in [1.29, 1.82) is 0 Å². The number of hydrogen-bond acceptors (Lipinski definition) is 5. The minimum absolute atomic E-state index is 0. The molecule has 166 valence electrons. The van der Waals surface area contributed by atoms with Crippen molar-refractivity contribution in [2.24, 2.45) is 4.99 Å². The van der Waals surface area contributed by atoms with Gasteiger partial charge >= 0.3 is 0 Å². The van der Waals surface area contributed by atoms with E-state index in [0.717, 1.165) is 23.3 Å². The van der Waals surface area contributed by atoms with Crippen LogP contribution in [0.4, 0.5) is 0 Å². The Morgan fingerprint density at radius 3 is 2.10 bits per heavy atom. The summed E-state index contributed by atoms with van der Waals surface area (Å²) < 4.78 is 21.3. The van der Waals surface area contributed by atoms with Crippen LogP contribution < -0.4 is 29.6 Å². The molecule has 0 aliphatic heterocycles. The summed E-state index contributed by atoms with van der Waals surface area (Å²) in [4.78, 5) is 4.26. The molecule has 2 N–H and O–H groups in total. The third kappa shape index (κ3) is 7.02. The Labute approximate surface area is 200 Å². The molecule has 2 aromatic rings. The van der Waals surface area contributed by atoms with Gasteiger partial charge < -0.3 is 29.6 Å². The Morgan fingerprint density at radius 2 is 1.53 bits per heavy atom. The molecule has 2 rings (SSSR count). The van der Waals surface area contributed by atoms with Gasteiger partial charge in [0.25, 0.3) is 0 Å². The van der Waals surface area contributed by atoms with Crippen LogP contribution in [0.15, 0.2) is 35.3 Å². The standard InChI is InChI=1S/C21H28ClN3O4.HI/c1-23-21(24-9-8-14-6-7-16(26-2)11-17(14)22)25-13-15-10-19(28-4)20(29-5)12-18(15)27-3;/h6-7,10-12H,8-9,13H2,1-5H3,(H2,23,24,25);1H. The number of nitrogens with one attached hydrogen (secondary N) is 2. The average Bonchev–Trinajstić information content (AvgIpc) is 2.76. The Bertz CT molecular complexity index is 849. The highest BCUT2D eigenvalue weighted by atomic mass is 127. The Kier molecular flexibility index (Phi) is 11.5. The van der Waals surface area contributed by atoms with Gasteiger partial charge in [0.1, 0.15) is 11.5 Å². The first-order chi connectivity index (χ1) is 14.1. The maximum atomic E-state index is 6.30. The van der Waals surface area contributed by atoms with Gasteiger partial charge in [-0.2, -0.15) is 0 Å². The highest BCUT2D eigenvalue weighted by molar-refractivity contribution is 14.0. The molecule has 0 saturated carbocycles. The first-order valence-electron chi connectivity index (χ1n) is 9.12. The molecule has 0 bridgehead atoms. The smallest absolute Gasteiger partial charge is 0.191 e. The van der Waals surface area contributed by atoms with E-state index in [1.807, 2.05) is 24.3 Å². The Morgan fingerprint density at radius 1 is 0.867 bits per heavy atom. The topological polar surface area (TPSA) is 73.3 Å². The summed E-state index contributed by atoms with van der Waals surface area (Å²) in [6.07, 6.45) is 0.753. The van der Waals surface area contributed by atoms with Crippen molar-refractivity contribution in [2.45, 2.75) is 13.0 Å². The zero-order valence-corrected chi connectivity index (χ0v) is 21.0. The fourth-order valence-electron chi connectivity index (χ4n) is 2.80. The zero-order valence-electron chi connectivity index (χ0n) is 17.9. The van der Waals surface area contributed by atoms with Crippen LogP contribution in [0.3, 0.4) is 0 Å². The zero-order chi connectivity index (χ0) is 21.2. The second kappa shape index (κ2) is 13.3. The minimum atomic E-state index is 0. The van der Waals surface area contributed by atoms with Crippen LogP contribution in [-0.4, -0.2) is 48.0 Å². The Hall–Kier alpha value is -2.07. The number of guanidine groups is 1. The van der Waals surface area contributed by atoms with E-state index in [1.165, 1.54) is 0 Å². The first kappa shape index (κ1) is 26.0. The van der Waals surface area contributed by atoms with E-state index in [1.54, 1.807) is 41.6 Å². The lowest BCUT2D eigenvalue weighted by Gasteiger charge is -2.16. The number of methoxy groups -OCH3 is 4. The van der Waals surface area contributed by atoms with Gasteiger partial charge in [-0.15, -0.1) is 24.0 Å². The molecule has 0 unspecified atom stereocenters. The molecular formula is C21H29ClIN3O4. The SMILES string of the molecule is CN=C(NCCc1ccc(OC)cc1Cl)NCc1cc(OC)c(OC)cc1OC.I. The van der Waals surface area contributed by atoms with Crippen LogP contribution in [0.5, 0.6) is 23.0 Å². The van der Waals surface area contributed by atoms with Gasteiger partial charge in [0, 0.05) is 36.8 Å². The molecule has 9 heteroatoms. The third-order valence-corrected chi connectivity index (χ3v) is 4.76. The van der Waals surface area contributed by atoms with Gasteiger partial charge in [0.2, 0.25) is 0 Å². The molecule has 0 radical (unpaired) electrons. The van der Waals surface area contributed by atoms with E-state index in [0.29, 0.717) is 41.3 Å². The molecular weight excluding hydrogens is 521 g/mol. The van der Waals surface area contributed by atoms with Crippen LogP contribution in [0.2, 0.25) is 5.02 Å². The van der Waals surface area contributed by atoms with E-state index in [-0.39, 0.29) is 24.0 Å². The van der Waals surface area contributed by atoms with Crippen LogP contribution in [0, 0.1) is 0 Å². The number of halogens is 2. The lowest BCUT2D eigenvalue weighted by atomic mass is 10.1. The predicted molar refractivity (Wildman–Crippen MR) is 131 cm³/mol. The van der Waals surface area contributed by atoms with E-state index < -0.39 is 0 Å². The van der Waals surface area contributed by atoms with Gasteiger partial charge in [0.05, 0.1) is 28.4 Å². The Balaban J connectivity index is 0.00000450. The average molecular weight is 550 g/mol. The van der Waals surface area contributed by atoms with E-state index in [4.69, 9.17) is 30.5 Å². The van der Waals surface area contributed by atoms with E-state index in [2.05, 4.69) is 15.6 Å². The summed E-state index contributed by atoms with van der Waals surface area (Å²) in [5.41, 5.74) is 1.96. The molecule has 0 aliphatic carbocycles. The number of benzene rings is 2. The first-order valence-corrected chi connectivity index (χ1v) is 9.49. The highest BCUT2D eigenvalue weighted by Crippen LogP contribution is 2.34. The van der Waals surface area contributed by atoms with Crippen LogP contribution in [-0.2, 0) is 13.0 Å². The summed E-state index contributed by atoms with van der Waals surface area (Å²) in [6, 6.07) is 9.37. The lowest BCUT2D eigenvalue weighted by Crippen LogP contribution is -2.38. The number of rotatable bonds is 9. The van der Waals surface area contributed by atoms with Crippen LogP contribution in [0.1, 0.15) is 11.1 Å². The van der Waals surface area contributed by atoms with Crippen LogP contribution >= 0.6 is 35.6 Å². The largest absolute Gasteiger partial charge is 0.497 e. The van der Waals surface area contributed by atoms with Crippen molar-refractivity contribution >= 4 is 41.5 Å². The second-order valence-electron chi connectivity index (χ2n) is 6.08. The summed E-state index contributed by atoms with van der Waals surface area (Å²) in [6.45, 7) is 1.18. The fourth-order valence-corrected chi connectivity index (χ4v) is 3.07. The quantitative estimate of drug-likeness (QED) is 0.281.